The van der Waals surface area contributed by atoms with Crippen molar-refractivity contribution < 1.29 is 19.3 Å². The van der Waals surface area contributed by atoms with Gasteiger partial charge in [0, 0.05) is 30.4 Å². The van der Waals surface area contributed by atoms with Gasteiger partial charge in [0.1, 0.15) is 6.67 Å². The lowest BCUT2D eigenvalue weighted by molar-refractivity contribution is -0.384. The zero-order valence-electron chi connectivity index (χ0n) is 14.7. The first-order valence-corrected chi connectivity index (χ1v) is 8.56. The number of rotatable bonds is 6. The lowest BCUT2D eigenvalue weighted by atomic mass is 10.1. The summed E-state index contributed by atoms with van der Waals surface area (Å²) in [7, 11) is 0. The number of hydrogen-bond acceptors (Lipinski definition) is 6. The zero-order valence-corrected chi connectivity index (χ0v) is 14.7. The second-order valence-corrected chi connectivity index (χ2v) is 6.56. The zero-order chi connectivity index (χ0) is 19.0. The van der Waals surface area contributed by atoms with E-state index in [-0.39, 0.29) is 24.9 Å². The summed E-state index contributed by atoms with van der Waals surface area (Å²) >= 11 is 0. The van der Waals surface area contributed by atoms with E-state index in [9.17, 15) is 24.5 Å². The van der Waals surface area contributed by atoms with E-state index < -0.39 is 22.8 Å². The van der Waals surface area contributed by atoms with Crippen molar-refractivity contribution in [3.63, 3.8) is 0 Å². The highest BCUT2D eigenvalue weighted by Crippen LogP contribution is 2.35. The van der Waals surface area contributed by atoms with Gasteiger partial charge in [0.15, 0.2) is 0 Å². The molecule has 0 radical (unpaired) electrons. The van der Waals surface area contributed by atoms with Crippen molar-refractivity contribution in [2.45, 2.75) is 39.2 Å². The minimum absolute atomic E-state index is 0.00652. The summed E-state index contributed by atoms with van der Waals surface area (Å²) in [6.45, 7) is 4.03. The number of imide groups is 2. The summed E-state index contributed by atoms with van der Waals surface area (Å²) in [6.07, 6.45) is 2.02. The molecule has 3 rings (SSSR count). The molecular weight excluding hydrogens is 340 g/mol. The fourth-order valence-electron chi connectivity index (χ4n) is 3.35. The van der Waals surface area contributed by atoms with Crippen molar-refractivity contribution >= 4 is 29.2 Å². The maximum atomic E-state index is 12.5. The molecule has 26 heavy (non-hydrogen) atoms. The molecule has 138 valence electrons. The Labute approximate surface area is 150 Å². The summed E-state index contributed by atoms with van der Waals surface area (Å²) < 4.78 is 0. The Bertz CT molecular complexity index is 793. The van der Waals surface area contributed by atoms with Crippen LogP contribution in [0.15, 0.2) is 18.2 Å². The van der Waals surface area contributed by atoms with E-state index in [0.29, 0.717) is 12.8 Å². The molecule has 0 spiro atoms. The number of anilines is 1. The van der Waals surface area contributed by atoms with Crippen molar-refractivity contribution in [2.75, 3.05) is 18.1 Å². The highest BCUT2D eigenvalue weighted by Gasteiger charge is 2.45. The minimum Gasteiger partial charge on any atom is -0.350 e. The number of nitro groups is 1. The molecule has 0 aliphatic carbocycles. The molecule has 1 unspecified atom stereocenters. The molecule has 2 aliphatic rings. The predicted octanol–water partition coefficient (Wildman–Crippen LogP) is 1.89. The first-order valence-electron chi connectivity index (χ1n) is 8.56. The van der Waals surface area contributed by atoms with Gasteiger partial charge in [0.05, 0.1) is 4.92 Å². The number of nitro benzene ring substituents is 1. The van der Waals surface area contributed by atoms with Crippen molar-refractivity contribution in [3.05, 3.63) is 33.9 Å². The summed E-state index contributed by atoms with van der Waals surface area (Å²) in [5, 5.41) is 10.9. The number of non-ortho nitro benzene ring substituents is 1. The third-order valence-corrected chi connectivity index (χ3v) is 4.79. The fraction of sp³-hybridized carbons (Fsp3) is 0.471. The Morgan fingerprint density at radius 3 is 2.54 bits per heavy atom. The lowest BCUT2D eigenvalue weighted by Crippen LogP contribution is -2.44. The first kappa shape index (κ1) is 17.8. The lowest BCUT2D eigenvalue weighted by Gasteiger charge is -2.28. The highest BCUT2D eigenvalue weighted by atomic mass is 16.6. The topological polar surface area (TPSA) is 104 Å². The SMILES string of the molecule is CCCCN1C(=O)C(=O)N(CN2c3ccc([N+](=O)[O-])cc3CC2C)C1=O. The van der Waals surface area contributed by atoms with Gasteiger partial charge in [-0.25, -0.2) is 9.69 Å². The molecule has 0 bridgehead atoms. The largest absolute Gasteiger partial charge is 0.350 e. The van der Waals surface area contributed by atoms with Crippen LogP contribution in [-0.4, -0.2) is 51.8 Å². The van der Waals surface area contributed by atoms with Crippen molar-refractivity contribution in [2.24, 2.45) is 0 Å². The molecule has 1 aromatic rings. The maximum Gasteiger partial charge on any atom is 0.335 e. The van der Waals surface area contributed by atoms with Crippen LogP contribution in [-0.2, 0) is 16.0 Å². The van der Waals surface area contributed by atoms with E-state index in [4.69, 9.17) is 0 Å². The van der Waals surface area contributed by atoms with Gasteiger partial charge in [0.25, 0.3) is 5.69 Å². The van der Waals surface area contributed by atoms with E-state index in [1.54, 1.807) is 6.07 Å². The Morgan fingerprint density at radius 2 is 1.88 bits per heavy atom. The van der Waals surface area contributed by atoms with Gasteiger partial charge in [-0.2, -0.15) is 0 Å². The number of benzene rings is 1. The third-order valence-electron chi connectivity index (χ3n) is 4.79. The predicted molar refractivity (Wildman–Crippen MR) is 92.5 cm³/mol. The van der Waals surface area contributed by atoms with Crippen molar-refractivity contribution in [1.82, 2.24) is 9.80 Å². The Balaban J connectivity index is 1.81. The number of fused-ring (bicyclic) bond motifs is 1. The molecule has 2 aliphatic heterocycles. The number of hydrogen-bond donors (Lipinski definition) is 0. The van der Waals surface area contributed by atoms with Gasteiger partial charge >= 0.3 is 17.8 Å². The molecule has 1 saturated heterocycles. The van der Waals surface area contributed by atoms with Gasteiger partial charge < -0.3 is 4.90 Å². The first-order chi connectivity index (χ1) is 12.3. The van der Waals surface area contributed by atoms with Crippen LogP contribution in [0.25, 0.3) is 0 Å². The summed E-state index contributed by atoms with van der Waals surface area (Å²) in [6, 6.07) is 3.89. The molecule has 0 saturated carbocycles. The number of carbonyl (C=O) groups is 3. The Morgan fingerprint density at radius 1 is 1.19 bits per heavy atom. The Hall–Kier alpha value is -2.97. The van der Waals surface area contributed by atoms with E-state index in [0.717, 1.165) is 27.5 Å². The van der Waals surface area contributed by atoms with Gasteiger partial charge in [-0.3, -0.25) is 24.6 Å². The van der Waals surface area contributed by atoms with Gasteiger partial charge in [-0.1, -0.05) is 13.3 Å². The van der Waals surface area contributed by atoms with Gasteiger partial charge in [-0.15, -0.1) is 0 Å². The van der Waals surface area contributed by atoms with E-state index >= 15 is 0 Å². The molecule has 0 N–H and O–H groups in total. The molecule has 9 nitrogen and oxygen atoms in total. The maximum absolute atomic E-state index is 12.5. The molecule has 4 amide bonds. The molecule has 9 heteroatoms. The average molecular weight is 360 g/mol. The Kier molecular flexibility index (Phi) is 4.62. The van der Waals surface area contributed by atoms with Crippen LogP contribution in [0.4, 0.5) is 16.2 Å². The average Bonchev–Trinajstić information content (AvgIpc) is 3.02. The second-order valence-electron chi connectivity index (χ2n) is 6.56. The normalized spacial score (nSPS) is 19.5. The van der Waals surface area contributed by atoms with Crippen LogP contribution in [0.1, 0.15) is 32.3 Å². The minimum atomic E-state index is -0.825. The summed E-state index contributed by atoms with van der Waals surface area (Å²) in [5.41, 5.74) is 1.54. The van der Waals surface area contributed by atoms with Gasteiger partial charge in [0.2, 0.25) is 0 Å². The molecule has 2 heterocycles. The summed E-state index contributed by atoms with van der Waals surface area (Å²) in [4.78, 5) is 51.0. The van der Waals surface area contributed by atoms with E-state index in [2.05, 4.69) is 0 Å². The number of nitrogens with zero attached hydrogens (tertiary/aromatic N) is 4. The molecule has 1 atom stereocenters. The van der Waals surface area contributed by atoms with Crippen LogP contribution in [0, 0.1) is 10.1 Å². The number of carbonyl (C=O) groups excluding carboxylic acids is 3. The van der Waals surface area contributed by atoms with Crippen LogP contribution in [0.3, 0.4) is 0 Å². The van der Waals surface area contributed by atoms with Crippen LogP contribution in [0.2, 0.25) is 0 Å². The van der Waals surface area contributed by atoms with Crippen LogP contribution < -0.4 is 4.90 Å². The smallest absolute Gasteiger partial charge is 0.335 e. The molecule has 1 fully saturated rings. The van der Waals surface area contributed by atoms with E-state index in [1.165, 1.54) is 12.1 Å². The van der Waals surface area contributed by atoms with E-state index in [1.807, 2.05) is 18.7 Å². The number of amides is 4. The number of urea groups is 1. The van der Waals surface area contributed by atoms with Gasteiger partial charge in [-0.05, 0) is 31.4 Å². The van der Waals surface area contributed by atoms with Crippen LogP contribution >= 0.6 is 0 Å². The molecular formula is C17H20N4O5. The third kappa shape index (κ3) is 2.89. The second kappa shape index (κ2) is 6.74. The molecule has 1 aromatic carbocycles. The number of unbranched alkanes of at least 4 members (excludes halogenated alkanes) is 1. The fourth-order valence-corrected chi connectivity index (χ4v) is 3.35. The standard InChI is InChI=1S/C17H20N4O5/c1-3-4-7-18-15(22)16(23)20(17(18)24)10-19-11(2)8-12-9-13(21(25)26)5-6-14(12)19/h5-6,9,11H,3-4,7-8,10H2,1-2H3. The van der Waals surface area contributed by atoms with Crippen molar-refractivity contribution in [1.29, 1.82) is 0 Å². The van der Waals surface area contributed by atoms with Crippen molar-refractivity contribution in [3.8, 4) is 0 Å². The quantitative estimate of drug-likeness (QED) is 0.332. The monoisotopic (exact) mass is 360 g/mol. The highest BCUT2D eigenvalue weighted by molar-refractivity contribution is 6.44. The summed E-state index contributed by atoms with van der Waals surface area (Å²) in [5.74, 6) is -1.62. The molecule has 0 aromatic heterocycles. The van der Waals surface area contributed by atoms with Crippen LogP contribution in [0.5, 0.6) is 0 Å².